The lowest BCUT2D eigenvalue weighted by atomic mass is 10.1. The van der Waals surface area contributed by atoms with Crippen molar-refractivity contribution < 1.29 is 8.42 Å². The molecule has 0 fully saturated rings. The monoisotopic (exact) mass is 347 g/mol. The number of sulfonamides is 1. The van der Waals surface area contributed by atoms with Crippen molar-refractivity contribution in [3.63, 3.8) is 0 Å². The maximum atomic E-state index is 12.1. The molecule has 0 atom stereocenters. The molecular formula is C18H25N3O2S. The Bertz CT molecular complexity index is 789. The summed E-state index contributed by atoms with van der Waals surface area (Å²) in [4.78, 5) is 2.18. The normalized spacial score (nSPS) is 11.3. The van der Waals surface area contributed by atoms with Crippen LogP contribution in [0.15, 0.2) is 47.4 Å². The molecule has 0 aromatic heterocycles. The third-order valence-corrected chi connectivity index (χ3v) is 4.77. The van der Waals surface area contributed by atoms with Gasteiger partial charge in [-0.1, -0.05) is 31.5 Å². The smallest absolute Gasteiger partial charge is 0.240 e. The standard InChI is InChI=1S/C18H25N3O2S/c1-4-5-11-21(3)16-12-14(2)13-17(24(19,22)23)18(16)20-15-9-7-6-8-10-15/h6-10,12-13,20H,4-5,11H2,1-3H3,(H2,19,22,23). The number of rotatable bonds is 7. The van der Waals surface area contributed by atoms with Crippen LogP contribution in [-0.2, 0) is 10.0 Å². The molecule has 2 aromatic carbocycles. The highest BCUT2D eigenvalue weighted by molar-refractivity contribution is 7.89. The summed E-state index contributed by atoms with van der Waals surface area (Å²) in [5, 5.41) is 8.69. The minimum absolute atomic E-state index is 0.115. The summed E-state index contributed by atoms with van der Waals surface area (Å²) >= 11 is 0. The van der Waals surface area contributed by atoms with Crippen molar-refractivity contribution >= 4 is 27.1 Å². The van der Waals surface area contributed by atoms with E-state index in [-0.39, 0.29) is 4.90 Å². The first kappa shape index (κ1) is 18.3. The van der Waals surface area contributed by atoms with E-state index < -0.39 is 10.0 Å². The van der Waals surface area contributed by atoms with Crippen molar-refractivity contribution in [1.82, 2.24) is 0 Å². The van der Waals surface area contributed by atoms with Crippen LogP contribution in [0.3, 0.4) is 0 Å². The Morgan fingerprint density at radius 1 is 1.17 bits per heavy atom. The zero-order valence-corrected chi connectivity index (χ0v) is 15.2. The van der Waals surface area contributed by atoms with Crippen molar-refractivity contribution in [2.75, 3.05) is 23.8 Å². The van der Waals surface area contributed by atoms with Gasteiger partial charge in [0, 0.05) is 19.3 Å². The zero-order valence-electron chi connectivity index (χ0n) is 14.4. The minimum Gasteiger partial charge on any atom is -0.373 e. The van der Waals surface area contributed by atoms with E-state index in [1.807, 2.05) is 50.4 Å². The summed E-state index contributed by atoms with van der Waals surface area (Å²) < 4.78 is 24.2. The number of hydrogen-bond acceptors (Lipinski definition) is 4. The first-order valence-electron chi connectivity index (χ1n) is 8.03. The van der Waals surface area contributed by atoms with Crippen LogP contribution in [0.5, 0.6) is 0 Å². The van der Waals surface area contributed by atoms with Crippen molar-refractivity contribution in [2.24, 2.45) is 5.14 Å². The third-order valence-electron chi connectivity index (χ3n) is 3.83. The molecule has 2 rings (SSSR count). The molecule has 0 unspecified atom stereocenters. The molecule has 0 aliphatic carbocycles. The van der Waals surface area contributed by atoms with Crippen LogP contribution in [-0.4, -0.2) is 22.0 Å². The summed E-state index contributed by atoms with van der Waals surface area (Å²) in [5.41, 5.74) is 3.02. The highest BCUT2D eigenvalue weighted by Crippen LogP contribution is 2.35. The predicted octanol–water partition coefficient (Wildman–Crippen LogP) is 3.62. The number of nitrogens with one attached hydrogen (secondary N) is 1. The van der Waals surface area contributed by atoms with E-state index in [2.05, 4.69) is 17.1 Å². The van der Waals surface area contributed by atoms with Gasteiger partial charge in [0.2, 0.25) is 10.0 Å². The van der Waals surface area contributed by atoms with Gasteiger partial charge in [0.1, 0.15) is 4.90 Å². The molecule has 0 saturated carbocycles. The van der Waals surface area contributed by atoms with Gasteiger partial charge in [0.25, 0.3) is 0 Å². The number of anilines is 3. The van der Waals surface area contributed by atoms with Crippen LogP contribution < -0.4 is 15.4 Å². The molecule has 0 bridgehead atoms. The Kier molecular flexibility index (Phi) is 5.85. The molecular weight excluding hydrogens is 322 g/mol. The summed E-state index contributed by atoms with van der Waals surface area (Å²) in [5.74, 6) is 0. The molecule has 0 radical (unpaired) electrons. The fourth-order valence-corrected chi connectivity index (χ4v) is 3.36. The SMILES string of the molecule is CCCCN(C)c1cc(C)cc(S(N)(=O)=O)c1Nc1ccccc1. The van der Waals surface area contributed by atoms with Crippen LogP contribution in [0.4, 0.5) is 17.1 Å². The van der Waals surface area contributed by atoms with Crippen LogP contribution in [0.25, 0.3) is 0 Å². The summed E-state index contributed by atoms with van der Waals surface area (Å²) in [6, 6.07) is 13.1. The first-order chi connectivity index (χ1) is 11.3. The highest BCUT2D eigenvalue weighted by atomic mass is 32.2. The quantitative estimate of drug-likeness (QED) is 0.802. The predicted molar refractivity (Wildman–Crippen MR) is 100 cm³/mol. The third kappa shape index (κ3) is 4.49. The Morgan fingerprint density at radius 3 is 2.42 bits per heavy atom. The number of primary sulfonamides is 1. The number of para-hydroxylation sites is 1. The lowest BCUT2D eigenvalue weighted by Gasteiger charge is -2.25. The highest BCUT2D eigenvalue weighted by Gasteiger charge is 2.20. The van der Waals surface area contributed by atoms with Crippen molar-refractivity contribution in [3.05, 3.63) is 48.0 Å². The van der Waals surface area contributed by atoms with E-state index in [9.17, 15) is 8.42 Å². The van der Waals surface area contributed by atoms with E-state index in [1.54, 1.807) is 6.07 Å². The topological polar surface area (TPSA) is 75.4 Å². The van der Waals surface area contributed by atoms with Gasteiger partial charge >= 0.3 is 0 Å². The van der Waals surface area contributed by atoms with Crippen molar-refractivity contribution in [2.45, 2.75) is 31.6 Å². The maximum Gasteiger partial charge on any atom is 0.240 e. The van der Waals surface area contributed by atoms with Crippen LogP contribution >= 0.6 is 0 Å². The van der Waals surface area contributed by atoms with Crippen LogP contribution in [0.1, 0.15) is 25.3 Å². The van der Waals surface area contributed by atoms with Gasteiger partial charge in [-0.05, 0) is 43.2 Å². The Morgan fingerprint density at radius 2 is 1.83 bits per heavy atom. The second-order valence-electron chi connectivity index (χ2n) is 5.97. The van der Waals surface area contributed by atoms with E-state index in [4.69, 9.17) is 5.14 Å². The van der Waals surface area contributed by atoms with E-state index >= 15 is 0 Å². The Labute approximate surface area is 144 Å². The number of nitrogens with two attached hydrogens (primary N) is 1. The Hall–Kier alpha value is -2.05. The van der Waals surface area contributed by atoms with Crippen LogP contribution in [0.2, 0.25) is 0 Å². The Balaban J connectivity index is 2.57. The molecule has 5 nitrogen and oxygen atoms in total. The molecule has 0 aliphatic rings. The average molecular weight is 347 g/mol. The molecule has 0 amide bonds. The summed E-state index contributed by atoms with van der Waals surface area (Å²) in [7, 11) is -1.88. The van der Waals surface area contributed by atoms with E-state index in [1.165, 1.54) is 0 Å². The van der Waals surface area contributed by atoms with Crippen LogP contribution in [0, 0.1) is 6.92 Å². The second kappa shape index (κ2) is 7.68. The average Bonchev–Trinajstić information content (AvgIpc) is 2.53. The van der Waals surface area contributed by atoms with Crippen molar-refractivity contribution in [3.8, 4) is 0 Å². The number of benzene rings is 2. The van der Waals surface area contributed by atoms with Crippen molar-refractivity contribution in [1.29, 1.82) is 0 Å². The van der Waals surface area contributed by atoms with Gasteiger partial charge in [-0.3, -0.25) is 0 Å². The van der Waals surface area contributed by atoms with Gasteiger partial charge in [-0.15, -0.1) is 0 Å². The van der Waals surface area contributed by atoms with E-state index in [0.29, 0.717) is 5.69 Å². The largest absolute Gasteiger partial charge is 0.373 e. The number of unbranched alkanes of at least 4 members (excludes halogenated alkanes) is 1. The van der Waals surface area contributed by atoms with Gasteiger partial charge in [-0.25, -0.2) is 13.6 Å². The number of nitrogens with zero attached hydrogens (tertiary/aromatic N) is 1. The fraction of sp³-hybridized carbons (Fsp3) is 0.333. The first-order valence-corrected chi connectivity index (χ1v) is 9.58. The maximum absolute atomic E-state index is 12.1. The lowest BCUT2D eigenvalue weighted by molar-refractivity contribution is 0.598. The minimum atomic E-state index is -3.84. The van der Waals surface area contributed by atoms with E-state index in [0.717, 1.165) is 36.3 Å². The molecule has 0 aliphatic heterocycles. The zero-order chi connectivity index (χ0) is 17.7. The van der Waals surface area contributed by atoms with Gasteiger partial charge < -0.3 is 10.2 Å². The lowest BCUT2D eigenvalue weighted by Crippen LogP contribution is -2.22. The molecule has 0 heterocycles. The molecule has 3 N–H and O–H groups in total. The molecule has 2 aromatic rings. The molecule has 6 heteroatoms. The summed E-state index contributed by atoms with van der Waals surface area (Å²) in [6.07, 6.45) is 2.10. The fourth-order valence-electron chi connectivity index (χ4n) is 2.57. The number of aryl methyl sites for hydroxylation is 1. The van der Waals surface area contributed by atoms with Gasteiger partial charge in [0.15, 0.2) is 0 Å². The van der Waals surface area contributed by atoms with Gasteiger partial charge in [0.05, 0.1) is 11.4 Å². The molecule has 24 heavy (non-hydrogen) atoms. The number of hydrogen-bond donors (Lipinski definition) is 2. The van der Waals surface area contributed by atoms with Gasteiger partial charge in [-0.2, -0.15) is 0 Å². The summed E-state index contributed by atoms with van der Waals surface area (Å²) in [6.45, 7) is 4.84. The molecule has 130 valence electrons. The molecule has 0 saturated heterocycles. The second-order valence-corrected chi connectivity index (χ2v) is 7.50. The molecule has 0 spiro atoms.